The number of nitrogens with one attached hydrogen (secondary N) is 3. The molecule has 1 fully saturated rings. The van der Waals surface area contributed by atoms with Gasteiger partial charge in [0.1, 0.15) is 0 Å². The Kier molecular flexibility index (Phi) is 12.7. The molecule has 1 heterocycles. The number of sulfonamides is 1. The van der Waals surface area contributed by atoms with Gasteiger partial charge < -0.3 is 20.1 Å². The van der Waals surface area contributed by atoms with Crippen molar-refractivity contribution < 1.29 is 17.9 Å². The van der Waals surface area contributed by atoms with Crippen molar-refractivity contribution in [2.45, 2.75) is 65.6 Å². The molecule has 1 aliphatic rings. The van der Waals surface area contributed by atoms with E-state index in [0.717, 1.165) is 38.8 Å². The molecule has 1 aliphatic heterocycles. The van der Waals surface area contributed by atoms with Crippen LogP contribution in [0.2, 0.25) is 0 Å². The maximum atomic E-state index is 12.2. The summed E-state index contributed by atoms with van der Waals surface area (Å²) in [4.78, 5) is 4.54. The molecule has 0 aromatic carbocycles. The number of hydrogen-bond donors (Lipinski definition) is 3. The van der Waals surface area contributed by atoms with E-state index in [-0.39, 0.29) is 18.0 Å². The molecule has 0 aromatic heterocycles. The molecular formula is C19H40N4O4S. The van der Waals surface area contributed by atoms with E-state index in [9.17, 15) is 8.42 Å². The van der Waals surface area contributed by atoms with Crippen molar-refractivity contribution in [2.24, 2.45) is 10.9 Å². The molecule has 0 bridgehead atoms. The lowest BCUT2D eigenvalue weighted by molar-refractivity contribution is 0.0200. The maximum Gasteiger partial charge on any atom is 0.213 e. The molecule has 0 radical (unpaired) electrons. The molecule has 28 heavy (non-hydrogen) atoms. The quantitative estimate of drug-likeness (QED) is 0.308. The van der Waals surface area contributed by atoms with Gasteiger partial charge >= 0.3 is 0 Å². The van der Waals surface area contributed by atoms with E-state index in [1.54, 1.807) is 0 Å². The number of guanidine groups is 1. The molecule has 0 aliphatic carbocycles. The van der Waals surface area contributed by atoms with Gasteiger partial charge in [-0.15, -0.1) is 0 Å². The van der Waals surface area contributed by atoms with Crippen molar-refractivity contribution in [1.82, 2.24) is 15.4 Å². The summed E-state index contributed by atoms with van der Waals surface area (Å²) >= 11 is 0. The van der Waals surface area contributed by atoms with Crippen LogP contribution in [0.15, 0.2) is 4.99 Å². The van der Waals surface area contributed by atoms with Crippen LogP contribution in [0.1, 0.15) is 53.4 Å². The Morgan fingerprint density at radius 3 is 2.64 bits per heavy atom. The highest BCUT2D eigenvalue weighted by Crippen LogP contribution is 2.12. The fourth-order valence-electron chi connectivity index (χ4n) is 3.03. The zero-order valence-electron chi connectivity index (χ0n) is 18.0. The molecule has 0 amide bonds. The smallest absolute Gasteiger partial charge is 0.213 e. The Labute approximate surface area is 171 Å². The fraction of sp³-hybridized carbons (Fsp3) is 0.947. The second-order valence-corrected chi connectivity index (χ2v) is 9.30. The first-order chi connectivity index (χ1) is 13.4. The van der Waals surface area contributed by atoms with Crippen molar-refractivity contribution in [3.05, 3.63) is 0 Å². The monoisotopic (exact) mass is 420 g/mol. The van der Waals surface area contributed by atoms with E-state index < -0.39 is 10.0 Å². The average molecular weight is 421 g/mol. The van der Waals surface area contributed by atoms with E-state index in [2.05, 4.69) is 34.2 Å². The summed E-state index contributed by atoms with van der Waals surface area (Å²) in [5.74, 6) is 1.07. The van der Waals surface area contributed by atoms with E-state index >= 15 is 0 Å². The molecule has 0 saturated carbocycles. The first-order valence-electron chi connectivity index (χ1n) is 10.6. The summed E-state index contributed by atoms with van der Waals surface area (Å²) in [5, 5.41) is 6.25. The van der Waals surface area contributed by atoms with E-state index in [1.807, 2.05) is 13.8 Å². The number of hydrogen-bond acceptors (Lipinski definition) is 5. The third-order valence-corrected chi connectivity index (χ3v) is 5.97. The van der Waals surface area contributed by atoms with Crippen LogP contribution in [-0.4, -0.2) is 71.7 Å². The highest BCUT2D eigenvalue weighted by Gasteiger charge is 2.17. The van der Waals surface area contributed by atoms with Crippen LogP contribution in [0.5, 0.6) is 0 Å². The zero-order chi connectivity index (χ0) is 20.8. The Morgan fingerprint density at radius 1 is 1.25 bits per heavy atom. The number of ether oxygens (including phenoxy) is 2. The van der Waals surface area contributed by atoms with Crippen molar-refractivity contribution in [2.75, 3.05) is 45.1 Å². The normalized spacial score (nSPS) is 19.6. The molecule has 0 aromatic rings. The molecule has 1 rings (SSSR count). The van der Waals surface area contributed by atoms with E-state index in [4.69, 9.17) is 9.47 Å². The number of nitrogens with zero attached hydrogens (tertiary/aromatic N) is 1. The van der Waals surface area contributed by atoms with Crippen LogP contribution in [0.25, 0.3) is 0 Å². The van der Waals surface area contributed by atoms with Crippen molar-refractivity contribution >= 4 is 16.0 Å². The molecule has 2 unspecified atom stereocenters. The van der Waals surface area contributed by atoms with E-state index in [0.29, 0.717) is 38.1 Å². The second kappa shape index (κ2) is 14.1. The van der Waals surface area contributed by atoms with Crippen molar-refractivity contribution in [3.63, 3.8) is 0 Å². The standard InChI is InChI=1S/C19H40N4O4S/c1-5-20-19(21-11-10-18(16(3)4)26-6-2)22-12-14-28(24,25)23-15-17-9-7-8-13-27-17/h16-18,23H,5-15H2,1-4H3,(H2,20,21,22). The van der Waals surface area contributed by atoms with Crippen molar-refractivity contribution in [3.8, 4) is 0 Å². The van der Waals surface area contributed by atoms with Gasteiger partial charge in [-0.25, -0.2) is 13.1 Å². The van der Waals surface area contributed by atoms with Crippen LogP contribution < -0.4 is 15.4 Å². The molecule has 3 N–H and O–H groups in total. The average Bonchev–Trinajstić information content (AvgIpc) is 2.66. The van der Waals surface area contributed by atoms with Crippen LogP contribution in [-0.2, 0) is 19.5 Å². The second-order valence-electron chi connectivity index (χ2n) is 7.37. The predicted octanol–water partition coefficient (Wildman–Crippen LogP) is 1.48. The predicted molar refractivity (Wildman–Crippen MR) is 114 cm³/mol. The van der Waals surface area contributed by atoms with Gasteiger partial charge in [-0.3, -0.25) is 4.99 Å². The van der Waals surface area contributed by atoms with Gasteiger partial charge in [0, 0.05) is 39.4 Å². The molecule has 8 nitrogen and oxygen atoms in total. The largest absolute Gasteiger partial charge is 0.378 e. The highest BCUT2D eigenvalue weighted by molar-refractivity contribution is 7.89. The SMILES string of the molecule is CCNC(=NCCC(OCC)C(C)C)NCCS(=O)(=O)NCC1CCCCO1. The van der Waals surface area contributed by atoms with Gasteiger partial charge in [0.05, 0.1) is 18.0 Å². The summed E-state index contributed by atoms with van der Waals surface area (Å²) in [7, 11) is -3.34. The first kappa shape index (κ1) is 25.1. The van der Waals surface area contributed by atoms with Crippen LogP contribution in [0.4, 0.5) is 0 Å². The van der Waals surface area contributed by atoms with Gasteiger partial charge in [-0.2, -0.15) is 0 Å². The first-order valence-corrected chi connectivity index (χ1v) is 12.3. The Bertz CT molecular complexity index is 534. The van der Waals surface area contributed by atoms with Crippen LogP contribution in [0, 0.1) is 5.92 Å². The van der Waals surface area contributed by atoms with Gasteiger partial charge in [-0.1, -0.05) is 13.8 Å². The van der Waals surface area contributed by atoms with Gasteiger partial charge in [0.2, 0.25) is 10.0 Å². The highest BCUT2D eigenvalue weighted by atomic mass is 32.2. The molecule has 9 heteroatoms. The summed E-state index contributed by atoms with van der Waals surface area (Å²) < 4.78 is 38.3. The lowest BCUT2D eigenvalue weighted by Gasteiger charge is -2.22. The minimum absolute atomic E-state index is 0.00228. The molecular weight excluding hydrogens is 380 g/mol. The molecule has 0 spiro atoms. The van der Waals surface area contributed by atoms with Crippen LogP contribution >= 0.6 is 0 Å². The third-order valence-electron chi connectivity index (χ3n) is 4.62. The lowest BCUT2D eigenvalue weighted by Crippen LogP contribution is -2.42. The molecule has 1 saturated heterocycles. The summed E-state index contributed by atoms with van der Waals surface area (Å²) in [6, 6.07) is 0. The fourth-order valence-corrected chi connectivity index (χ4v) is 3.99. The minimum Gasteiger partial charge on any atom is -0.378 e. The maximum absolute atomic E-state index is 12.2. The topological polar surface area (TPSA) is 101 Å². The van der Waals surface area contributed by atoms with Crippen LogP contribution in [0.3, 0.4) is 0 Å². The summed E-state index contributed by atoms with van der Waals surface area (Å²) in [6.07, 6.45) is 4.08. The summed E-state index contributed by atoms with van der Waals surface area (Å²) in [6.45, 7) is 11.7. The number of aliphatic imine (C=N–C) groups is 1. The minimum atomic E-state index is -3.34. The lowest BCUT2D eigenvalue weighted by atomic mass is 10.0. The van der Waals surface area contributed by atoms with Gasteiger partial charge in [0.25, 0.3) is 0 Å². The van der Waals surface area contributed by atoms with Gasteiger partial charge in [-0.05, 0) is 45.4 Å². The zero-order valence-corrected chi connectivity index (χ0v) is 18.8. The van der Waals surface area contributed by atoms with Gasteiger partial charge in [0.15, 0.2) is 5.96 Å². The summed E-state index contributed by atoms with van der Waals surface area (Å²) in [5.41, 5.74) is 0. The van der Waals surface area contributed by atoms with E-state index in [1.165, 1.54) is 0 Å². The Morgan fingerprint density at radius 2 is 2.04 bits per heavy atom. The Balaban J connectivity index is 2.37. The number of rotatable bonds is 13. The molecule has 166 valence electrons. The Hall–Kier alpha value is -0.900. The third kappa shape index (κ3) is 11.2. The molecule has 2 atom stereocenters. The van der Waals surface area contributed by atoms with Crippen molar-refractivity contribution in [1.29, 1.82) is 0 Å².